The van der Waals surface area contributed by atoms with Crippen LogP contribution in [0.3, 0.4) is 0 Å². The monoisotopic (exact) mass is 761 g/mol. The molecule has 0 spiro atoms. The van der Waals surface area contributed by atoms with Crippen LogP contribution in [0.25, 0.3) is 23.3 Å². The van der Waals surface area contributed by atoms with Gasteiger partial charge in [0.05, 0.1) is 19.9 Å². The molecule has 4 aromatic rings. The molecule has 4 aromatic carbocycles. The van der Waals surface area contributed by atoms with Gasteiger partial charge in [-0.3, -0.25) is 14.4 Å². The number of fused-ring (bicyclic) bond motifs is 2. The molecule has 9 heteroatoms. The minimum absolute atomic E-state index is 0.102. The van der Waals surface area contributed by atoms with E-state index in [0.29, 0.717) is 51.2 Å². The summed E-state index contributed by atoms with van der Waals surface area (Å²) in [6.45, 7) is 18.6. The first-order valence-corrected chi connectivity index (χ1v) is 19.1. The summed E-state index contributed by atoms with van der Waals surface area (Å²) in [7, 11) is 3.42. The van der Waals surface area contributed by atoms with E-state index in [9.17, 15) is 14.4 Å². The molecule has 2 heterocycles. The Kier molecular flexibility index (Phi) is 12.6. The smallest absolute Gasteiger partial charge is 0.256 e. The van der Waals surface area contributed by atoms with Gasteiger partial charge in [0.2, 0.25) is 5.91 Å². The standard InChI is InChI=1S/C24H28N2O3.C22H24ClNO2/c1-13(2)19-9-16(10-20(14(3)4)23(19)29-6)11-21-18-8-7-17(25-15(5)27)12-22(18)26-24(21)28;1-12(2)16-8-14(9-17(13(3)4)21(16)26-5)10-19-18-11-15(23)6-7-20(18)24-22(19)25/h7-14H,1-6H3,(H,25,27)(H,26,28);6-13H,1-5H3,(H,24,25). The fourth-order valence-electron chi connectivity index (χ4n) is 7.01. The lowest BCUT2D eigenvalue weighted by atomic mass is 9.90. The van der Waals surface area contributed by atoms with E-state index in [0.717, 1.165) is 61.7 Å². The van der Waals surface area contributed by atoms with Crippen LogP contribution < -0.4 is 25.4 Å². The molecule has 6 rings (SSSR count). The molecule has 0 aliphatic carbocycles. The minimum atomic E-state index is -0.147. The molecule has 0 saturated heterocycles. The predicted molar refractivity (Wildman–Crippen MR) is 228 cm³/mol. The summed E-state index contributed by atoms with van der Waals surface area (Å²) in [5, 5.41) is 9.16. The van der Waals surface area contributed by atoms with E-state index in [-0.39, 0.29) is 17.7 Å². The normalized spacial score (nSPS) is 14.6. The Bertz CT molecular complexity index is 2160. The molecule has 3 N–H and O–H groups in total. The number of carbonyl (C=O) groups is 3. The Balaban J connectivity index is 0.000000212. The van der Waals surface area contributed by atoms with Gasteiger partial charge >= 0.3 is 0 Å². The van der Waals surface area contributed by atoms with Crippen molar-refractivity contribution >= 4 is 69.7 Å². The fraction of sp³-hybridized carbons (Fsp3) is 0.326. The predicted octanol–water partition coefficient (Wildman–Crippen LogP) is 11.5. The number of anilines is 3. The van der Waals surface area contributed by atoms with Crippen molar-refractivity contribution in [1.29, 1.82) is 0 Å². The quantitative estimate of drug-likeness (QED) is 0.147. The Labute approximate surface area is 330 Å². The van der Waals surface area contributed by atoms with E-state index in [4.69, 9.17) is 21.1 Å². The number of amides is 3. The van der Waals surface area contributed by atoms with Crippen molar-refractivity contribution in [3.8, 4) is 11.5 Å². The van der Waals surface area contributed by atoms with Gasteiger partial charge in [-0.1, -0.05) is 73.1 Å². The van der Waals surface area contributed by atoms with Gasteiger partial charge in [0.1, 0.15) is 11.5 Å². The van der Waals surface area contributed by atoms with Crippen LogP contribution in [0, 0.1) is 0 Å². The number of methoxy groups -OCH3 is 2. The van der Waals surface area contributed by atoms with Crippen LogP contribution in [0.4, 0.5) is 17.1 Å². The van der Waals surface area contributed by atoms with Crippen molar-refractivity contribution in [3.63, 3.8) is 0 Å². The highest BCUT2D eigenvalue weighted by molar-refractivity contribution is 6.37. The van der Waals surface area contributed by atoms with Crippen LogP contribution in [-0.4, -0.2) is 31.9 Å². The largest absolute Gasteiger partial charge is 0.496 e. The molecule has 3 amide bonds. The number of hydrogen-bond acceptors (Lipinski definition) is 5. The van der Waals surface area contributed by atoms with Gasteiger partial charge in [-0.25, -0.2) is 0 Å². The number of nitrogens with one attached hydrogen (secondary N) is 3. The van der Waals surface area contributed by atoms with Gasteiger partial charge in [-0.05, 0) is 124 Å². The lowest BCUT2D eigenvalue weighted by Crippen LogP contribution is -2.06. The van der Waals surface area contributed by atoms with E-state index in [2.05, 4.69) is 95.6 Å². The van der Waals surface area contributed by atoms with Crippen LogP contribution in [0.1, 0.15) is 130 Å². The molecule has 0 aromatic heterocycles. The number of carbonyl (C=O) groups excluding carboxylic acids is 3. The highest BCUT2D eigenvalue weighted by Gasteiger charge is 2.27. The minimum Gasteiger partial charge on any atom is -0.496 e. The maximum absolute atomic E-state index is 12.6. The second-order valence-corrected chi connectivity index (χ2v) is 15.7. The van der Waals surface area contributed by atoms with Crippen LogP contribution in [-0.2, 0) is 14.4 Å². The number of ether oxygens (including phenoxy) is 2. The van der Waals surface area contributed by atoms with Crippen molar-refractivity contribution in [3.05, 3.63) is 110 Å². The van der Waals surface area contributed by atoms with Crippen LogP contribution in [0.15, 0.2) is 60.7 Å². The van der Waals surface area contributed by atoms with Gasteiger partial charge in [0.15, 0.2) is 0 Å². The number of hydrogen-bond donors (Lipinski definition) is 3. The van der Waals surface area contributed by atoms with E-state index >= 15 is 0 Å². The highest BCUT2D eigenvalue weighted by Crippen LogP contribution is 2.41. The molecule has 2 aliphatic heterocycles. The Morgan fingerprint density at radius 2 is 1.05 bits per heavy atom. The zero-order valence-corrected chi connectivity index (χ0v) is 34.4. The second kappa shape index (κ2) is 17.0. The first-order valence-electron chi connectivity index (χ1n) is 18.7. The van der Waals surface area contributed by atoms with E-state index < -0.39 is 0 Å². The third-order valence-electron chi connectivity index (χ3n) is 9.74. The first kappa shape index (κ1) is 40.8. The topological polar surface area (TPSA) is 106 Å². The molecule has 8 nitrogen and oxygen atoms in total. The van der Waals surface area contributed by atoms with Crippen LogP contribution in [0.5, 0.6) is 11.5 Å². The Morgan fingerprint density at radius 1 is 0.618 bits per heavy atom. The summed E-state index contributed by atoms with van der Waals surface area (Å²) in [4.78, 5) is 36.4. The SMILES string of the molecule is COc1c(C(C)C)cc(C=C2C(=O)Nc3cc(NC(C)=O)ccc32)cc1C(C)C.COc1c(C(C)C)cc(C=C2C(=O)Nc3ccc(Cl)cc32)cc1C(C)C. The lowest BCUT2D eigenvalue weighted by Gasteiger charge is -2.19. The summed E-state index contributed by atoms with van der Waals surface area (Å²) in [6.07, 6.45) is 3.87. The fourth-order valence-corrected chi connectivity index (χ4v) is 7.18. The zero-order chi connectivity index (χ0) is 40.3. The molecule has 0 unspecified atom stereocenters. The highest BCUT2D eigenvalue weighted by atomic mass is 35.5. The van der Waals surface area contributed by atoms with Crippen molar-refractivity contribution in [2.45, 2.75) is 86.0 Å². The summed E-state index contributed by atoms with van der Waals surface area (Å²) >= 11 is 6.13. The molecule has 55 heavy (non-hydrogen) atoms. The summed E-state index contributed by atoms with van der Waals surface area (Å²) in [5.41, 5.74) is 11.6. The average Bonchev–Trinajstić information content (AvgIpc) is 3.60. The number of benzene rings is 4. The summed E-state index contributed by atoms with van der Waals surface area (Å²) < 4.78 is 11.4. The number of halogens is 1. The van der Waals surface area contributed by atoms with E-state index in [1.165, 1.54) is 6.92 Å². The molecule has 2 aliphatic rings. The number of rotatable bonds is 9. The Morgan fingerprint density at radius 3 is 1.47 bits per heavy atom. The lowest BCUT2D eigenvalue weighted by molar-refractivity contribution is -0.114. The molecule has 0 bridgehead atoms. The zero-order valence-electron chi connectivity index (χ0n) is 33.7. The summed E-state index contributed by atoms with van der Waals surface area (Å²) in [6, 6.07) is 19.3. The van der Waals surface area contributed by atoms with Gasteiger partial charge in [-0.2, -0.15) is 0 Å². The maximum atomic E-state index is 12.6. The molecule has 0 saturated carbocycles. The van der Waals surface area contributed by atoms with Crippen molar-refractivity contribution in [2.75, 3.05) is 30.2 Å². The molecular formula is C46H52ClN3O5. The maximum Gasteiger partial charge on any atom is 0.256 e. The second-order valence-electron chi connectivity index (χ2n) is 15.2. The third kappa shape index (κ3) is 8.97. The van der Waals surface area contributed by atoms with Gasteiger partial charge in [-0.15, -0.1) is 0 Å². The van der Waals surface area contributed by atoms with E-state index in [1.807, 2.05) is 36.4 Å². The van der Waals surface area contributed by atoms with Crippen LogP contribution in [0.2, 0.25) is 5.02 Å². The molecular weight excluding hydrogens is 710 g/mol. The molecule has 0 fully saturated rings. The first-order chi connectivity index (χ1) is 26.0. The van der Waals surface area contributed by atoms with E-state index in [1.54, 1.807) is 26.4 Å². The molecule has 0 radical (unpaired) electrons. The van der Waals surface area contributed by atoms with Gasteiger partial charge in [0, 0.05) is 45.6 Å². The molecule has 0 atom stereocenters. The Hall–Kier alpha value is -5.34. The van der Waals surface area contributed by atoms with Crippen molar-refractivity contribution in [1.82, 2.24) is 0 Å². The summed E-state index contributed by atoms with van der Waals surface area (Å²) in [5.74, 6) is 2.70. The van der Waals surface area contributed by atoms with Gasteiger partial charge < -0.3 is 25.4 Å². The van der Waals surface area contributed by atoms with Gasteiger partial charge in [0.25, 0.3) is 11.8 Å². The third-order valence-corrected chi connectivity index (χ3v) is 9.98. The molecule has 288 valence electrons. The van der Waals surface area contributed by atoms with Crippen molar-refractivity contribution in [2.24, 2.45) is 0 Å². The average molecular weight is 762 g/mol. The van der Waals surface area contributed by atoms with Crippen LogP contribution >= 0.6 is 11.6 Å². The van der Waals surface area contributed by atoms with Crippen molar-refractivity contribution < 1.29 is 23.9 Å².